The summed E-state index contributed by atoms with van der Waals surface area (Å²) < 4.78 is 0. The topological polar surface area (TPSA) is 0 Å². The molecular formula is C23H26P2+2. The van der Waals surface area contributed by atoms with Crippen LogP contribution in [0.5, 0.6) is 0 Å². The minimum atomic E-state index is -1.54. The Balaban J connectivity index is 2.05. The smallest absolute Gasteiger partial charge is 0.0620 e. The average molecular weight is 364 g/mol. The summed E-state index contributed by atoms with van der Waals surface area (Å²) in [6.45, 7) is 7.23. The lowest BCUT2D eigenvalue weighted by Crippen LogP contribution is -2.19. The van der Waals surface area contributed by atoms with E-state index in [4.69, 9.17) is 0 Å². The van der Waals surface area contributed by atoms with Crippen molar-refractivity contribution in [1.82, 2.24) is 0 Å². The first kappa shape index (κ1) is 18.1. The van der Waals surface area contributed by atoms with E-state index in [0.29, 0.717) is 0 Å². The molecule has 3 aromatic carbocycles. The van der Waals surface area contributed by atoms with E-state index in [0.717, 1.165) is 0 Å². The summed E-state index contributed by atoms with van der Waals surface area (Å²) in [5, 5.41) is 4.33. The zero-order valence-electron chi connectivity index (χ0n) is 15.2. The summed E-state index contributed by atoms with van der Waals surface area (Å²) in [5.74, 6) is 5.04. The molecule has 0 aliphatic rings. The van der Waals surface area contributed by atoms with Gasteiger partial charge in [-0.05, 0) is 36.4 Å². The van der Waals surface area contributed by atoms with Gasteiger partial charge in [-0.3, -0.25) is 0 Å². The predicted molar refractivity (Wildman–Crippen MR) is 119 cm³/mol. The van der Waals surface area contributed by atoms with Crippen LogP contribution >= 0.6 is 14.5 Å². The van der Waals surface area contributed by atoms with E-state index < -0.39 is 14.5 Å². The Bertz CT molecular complexity index is 782. The fourth-order valence-corrected chi connectivity index (χ4v) is 8.73. The molecule has 0 aromatic heterocycles. The van der Waals surface area contributed by atoms with Gasteiger partial charge in [0.05, 0.1) is 38.4 Å². The third-order valence-corrected chi connectivity index (χ3v) is 11.0. The fraction of sp³-hybridized carbons (Fsp3) is 0.130. The second-order valence-corrected chi connectivity index (χ2v) is 14.3. The van der Waals surface area contributed by atoms with Crippen molar-refractivity contribution in [2.75, 3.05) is 20.0 Å². The first-order chi connectivity index (χ1) is 12.0. The van der Waals surface area contributed by atoms with Gasteiger partial charge < -0.3 is 0 Å². The van der Waals surface area contributed by atoms with Gasteiger partial charge in [-0.15, -0.1) is 0 Å². The molecule has 0 nitrogen and oxygen atoms in total. The second kappa shape index (κ2) is 7.65. The molecule has 0 aliphatic heterocycles. The number of hydrogen-bond donors (Lipinski definition) is 0. The molecule has 0 amide bonds. The van der Waals surface area contributed by atoms with Crippen LogP contribution in [0.15, 0.2) is 103 Å². The Morgan fingerprint density at radius 3 is 1.24 bits per heavy atom. The highest BCUT2D eigenvalue weighted by atomic mass is 31.2. The molecule has 25 heavy (non-hydrogen) atoms. The second-order valence-electron chi connectivity index (χ2n) is 6.92. The first-order valence-electron chi connectivity index (χ1n) is 8.59. The van der Waals surface area contributed by atoms with Gasteiger partial charge in [-0.2, -0.15) is 0 Å². The zero-order valence-corrected chi connectivity index (χ0v) is 17.0. The van der Waals surface area contributed by atoms with E-state index in [1.54, 1.807) is 0 Å². The summed E-state index contributed by atoms with van der Waals surface area (Å²) in [6.07, 6.45) is 0. The molecule has 0 heterocycles. The SMILES string of the molecule is C[P+](C)(/C=C\[P+](C)(c1ccccc1)c1ccccc1)c1ccccc1. The van der Waals surface area contributed by atoms with Crippen molar-refractivity contribution in [3.05, 3.63) is 103 Å². The zero-order chi connectivity index (χ0) is 17.8. The molecule has 0 aliphatic carbocycles. The molecule has 0 N–H and O–H groups in total. The van der Waals surface area contributed by atoms with Gasteiger partial charge in [0.15, 0.2) is 0 Å². The minimum absolute atomic E-state index is 1.29. The molecule has 3 aromatic rings. The Morgan fingerprint density at radius 2 is 0.840 bits per heavy atom. The maximum absolute atomic E-state index is 2.53. The van der Waals surface area contributed by atoms with E-state index >= 15 is 0 Å². The van der Waals surface area contributed by atoms with Crippen molar-refractivity contribution >= 4 is 30.4 Å². The molecule has 0 radical (unpaired) electrons. The molecule has 0 spiro atoms. The van der Waals surface area contributed by atoms with E-state index in [1.165, 1.54) is 15.9 Å². The fourth-order valence-electron chi connectivity index (χ4n) is 2.99. The van der Waals surface area contributed by atoms with Gasteiger partial charge >= 0.3 is 0 Å². The van der Waals surface area contributed by atoms with Crippen LogP contribution in [0.25, 0.3) is 0 Å². The molecule has 0 saturated carbocycles. The van der Waals surface area contributed by atoms with Crippen LogP contribution < -0.4 is 15.9 Å². The van der Waals surface area contributed by atoms with Crippen molar-refractivity contribution in [2.24, 2.45) is 0 Å². The van der Waals surface area contributed by atoms with E-state index in [9.17, 15) is 0 Å². The molecule has 0 saturated heterocycles. The van der Waals surface area contributed by atoms with Gasteiger partial charge in [0, 0.05) is 0 Å². The predicted octanol–water partition coefficient (Wildman–Crippen LogP) is 5.36. The van der Waals surface area contributed by atoms with E-state index in [1.807, 2.05) is 0 Å². The lowest BCUT2D eigenvalue weighted by Gasteiger charge is -2.20. The molecule has 3 rings (SSSR count). The standard InChI is InChI=1S/C23H26P2/c1-24(2,21-13-7-4-8-14-21)19-20-25(3,22-15-9-5-10-16-22)23-17-11-6-12-18-23/h4-20H,1-3H3/q+2/b20-19-. The first-order valence-corrected chi connectivity index (χ1v) is 13.7. The molecule has 0 unspecified atom stereocenters. The van der Waals surface area contributed by atoms with Crippen LogP contribution in [0.3, 0.4) is 0 Å². The largest absolute Gasteiger partial charge is 0.105 e. The van der Waals surface area contributed by atoms with Gasteiger partial charge in [0.25, 0.3) is 0 Å². The van der Waals surface area contributed by atoms with Crippen LogP contribution in [0.1, 0.15) is 0 Å². The Kier molecular flexibility index (Phi) is 5.53. The van der Waals surface area contributed by atoms with Gasteiger partial charge in [-0.1, -0.05) is 54.6 Å². The maximum Gasteiger partial charge on any atom is 0.105 e. The molecule has 2 heteroatoms. The van der Waals surface area contributed by atoms with Gasteiger partial charge in [0.1, 0.15) is 23.7 Å². The lowest BCUT2D eigenvalue weighted by molar-refractivity contribution is 1.74. The third-order valence-electron chi connectivity index (χ3n) is 4.74. The highest BCUT2D eigenvalue weighted by Crippen LogP contribution is 2.59. The number of benzene rings is 3. The van der Waals surface area contributed by atoms with E-state index in [-0.39, 0.29) is 0 Å². The molecular weight excluding hydrogens is 338 g/mol. The third kappa shape index (κ3) is 4.09. The summed E-state index contributed by atoms with van der Waals surface area (Å²) >= 11 is 0. The van der Waals surface area contributed by atoms with Crippen molar-refractivity contribution in [3.8, 4) is 0 Å². The Morgan fingerprint density at radius 1 is 0.480 bits per heavy atom. The summed E-state index contributed by atoms with van der Waals surface area (Å²) in [7, 11) is -2.83. The normalized spacial score (nSPS) is 12.4. The van der Waals surface area contributed by atoms with Crippen LogP contribution in [-0.2, 0) is 0 Å². The lowest BCUT2D eigenvalue weighted by atomic mass is 10.4. The number of hydrogen-bond acceptors (Lipinski definition) is 0. The van der Waals surface area contributed by atoms with Crippen LogP contribution in [-0.4, -0.2) is 20.0 Å². The number of rotatable bonds is 5. The monoisotopic (exact) mass is 364 g/mol. The highest BCUT2D eigenvalue weighted by molar-refractivity contribution is 7.92. The van der Waals surface area contributed by atoms with Crippen molar-refractivity contribution in [2.45, 2.75) is 0 Å². The quantitative estimate of drug-likeness (QED) is 0.535. The van der Waals surface area contributed by atoms with E-state index in [2.05, 4.69) is 123 Å². The van der Waals surface area contributed by atoms with Crippen molar-refractivity contribution in [1.29, 1.82) is 0 Å². The summed E-state index contributed by atoms with van der Waals surface area (Å²) in [5.41, 5.74) is 0. The van der Waals surface area contributed by atoms with Crippen LogP contribution in [0, 0.1) is 0 Å². The molecule has 0 atom stereocenters. The molecule has 0 fully saturated rings. The Labute approximate surface area is 153 Å². The van der Waals surface area contributed by atoms with Crippen LogP contribution in [0.4, 0.5) is 0 Å². The maximum atomic E-state index is 2.53. The Hall–Kier alpha value is -1.74. The van der Waals surface area contributed by atoms with Crippen LogP contribution in [0.2, 0.25) is 0 Å². The average Bonchev–Trinajstić information content (AvgIpc) is 2.68. The summed E-state index contributed by atoms with van der Waals surface area (Å²) in [4.78, 5) is 0. The summed E-state index contributed by atoms with van der Waals surface area (Å²) in [6, 6.07) is 32.8. The molecule has 0 bridgehead atoms. The van der Waals surface area contributed by atoms with Gasteiger partial charge in [0.2, 0.25) is 0 Å². The minimum Gasteiger partial charge on any atom is -0.0620 e. The molecule has 126 valence electrons. The van der Waals surface area contributed by atoms with Crippen molar-refractivity contribution < 1.29 is 0 Å². The van der Waals surface area contributed by atoms with Crippen molar-refractivity contribution in [3.63, 3.8) is 0 Å². The highest BCUT2D eigenvalue weighted by Gasteiger charge is 2.37. The van der Waals surface area contributed by atoms with Gasteiger partial charge in [-0.25, -0.2) is 0 Å².